The zero-order chi connectivity index (χ0) is 22.2. The molecule has 7 nitrogen and oxygen atoms in total. The minimum atomic E-state index is -1.31. The highest BCUT2D eigenvalue weighted by Crippen LogP contribution is 2.71. The fraction of sp³-hybridized carbons (Fsp3) is 0.667. The van der Waals surface area contributed by atoms with Gasteiger partial charge in [-0.2, -0.15) is 0 Å². The molecule has 2 aliphatic heterocycles. The van der Waals surface area contributed by atoms with Crippen molar-refractivity contribution < 1.29 is 33.3 Å². The summed E-state index contributed by atoms with van der Waals surface area (Å²) in [6.07, 6.45) is 6.88. The van der Waals surface area contributed by atoms with Gasteiger partial charge >= 0.3 is 11.9 Å². The molecule has 0 bridgehead atoms. The van der Waals surface area contributed by atoms with Crippen molar-refractivity contribution >= 4 is 11.9 Å². The van der Waals surface area contributed by atoms with Gasteiger partial charge in [-0.15, -0.1) is 0 Å². The van der Waals surface area contributed by atoms with Crippen molar-refractivity contribution in [3.05, 3.63) is 36.3 Å². The quantitative estimate of drug-likeness (QED) is 0.444. The Morgan fingerprint density at radius 3 is 2.84 bits per heavy atom. The molecule has 4 aliphatic rings. The standard InChI is InChI=1S/C24H30O7/c1-5-6-13(2)20(25)29-17-11-15-18(19(30-21(15)26)14-8-10-28-12-14)24(27)9-7-16-23(4,31-16)22(17,24)3/h5-6,8,10,12-13,15-19,27H,7,9,11H2,1-4H3/b6-5-/t13-,15-,16-,17-,18-,19+,22-,23-,24+/m1/s1. The number of carbonyl (C=O) groups is 2. The van der Waals surface area contributed by atoms with Crippen LogP contribution in [0.2, 0.25) is 0 Å². The van der Waals surface area contributed by atoms with Crippen LogP contribution in [0.1, 0.15) is 58.6 Å². The van der Waals surface area contributed by atoms with Gasteiger partial charge in [0.2, 0.25) is 0 Å². The predicted octanol–water partition coefficient (Wildman–Crippen LogP) is 3.33. The van der Waals surface area contributed by atoms with E-state index in [0.717, 1.165) is 5.56 Å². The first kappa shape index (κ1) is 20.8. The van der Waals surface area contributed by atoms with Gasteiger partial charge in [0.05, 0.1) is 41.5 Å². The third kappa shape index (κ3) is 2.59. The van der Waals surface area contributed by atoms with Gasteiger partial charge in [0.15, 0.2) is 0 Å². The molecule has 4 fully saturated rings. The first-order valence-electron chi connectivity index (χ1n) is 11.1. The summed E-state index contributed by atoms with van der Waals surface area (Å²) in [6.45, 7) is 7.57. The smallest absolute Gasteiger partial charge is 0.312 e. The van der Waals surface area contributed by atoms with E-state index < -0.39 is 46.6 Å². The molecule has 1 aromatic rings. The fourth-order valence-electron chi connectivity index (χ4n) is 6.63. The van der Waals surface area contributed by atoms with Crippen LogP contribution in [0.4, 0.5) is 0 Å². The van der Waals surface area contributed by atoms with Crippen LogP contribution in [0.3, 0.4) is 0 Å². The Hall–Kier alpha value is -2.12. The lowest BCUT2D eigenvalue weighted by Crippen LogP contribution is -2.71. The number of hydrogen-bond donors (Lipinski definition) is 1. The van der Waals surface area contributed by atoms with Crippen LogP contribution in [-0.2, 0) is 23.8 Å². The fourth-order valence-corrected chi connectivity index (χ4v) is 6.63. The van der Waals surface area contributed by atoms with Crippen LogP contribution >= 0.6 is 0 Å². The molecule has 31 heavy (non-hydrogen) atoms. The third-order valence-corrected chi connectivity index (χ3v) is 8.61. The van der Waals surface area contributed by atoms with Crippen LogP contribution in [0, 0.1) is 23.2 Å². The molecular formula is C24H30O7. The first-order valence-corrected chi connectivity index (χ1v) is 11.1. The van der Waals surface area contributed by atoms with Gasteiger partial charge in [-0.05, 0) is 46.1 Å². The molecule has 2 saturated heterocycles. The highest BCUT2D eigenvalue weighted by atomic mass is 16.6. The van der Waals surface area contributed by atoms with E-state index in [1.165, 1.54) is 6.26 Å². The highest BCUT2D eigenvalue weighted by molar-refractivity contribution is 5.77. The lowest BCUT2D eigenvalue weighted by Gasteiger charge is -2.60. The largest absolute Gasteiger partial charge is 0.472 e. The normalized spacial score (nSPS) is 46.6. The summed E-state index contributed by atoms with van der Waals surface area (Å²) in [4.78, 5) is 25.8. The summed E-state index contributed by atoms with van der Waals surface area (Å²) in [5.41, 5.74) is -2.09. The average Bonchev–Trinajstić information content (AvgIpc) is 3.07. The number of carbonyl (C=O) groups excluding carboxylic acids is 2. The Morgan fingerprint density at radius 2 is 2.16 bits per heavy atom. The topological polar surface area (TPSA) is 98.5 Å². The van der Waals surface area contributed by atoms with Gasteiger partial charge in [0.1, 0.15) is 17.8 Å². The molecule has 3 heterocycles. The zero-order valence-corrected chi connectivity index (χ0v) is 18.4. The Balaban J connectivity index is 1.57. The Labute approximate surface area is 181 Å². The molecule has 5 rings (SSSR count). The van der Waals surface area contributed by atoms with Crippen molar-refractivity contribution in [3.63, 3.8) is 0 Å². The number of esters is 2. The molecule has 1 aromatic heterocycles. The van der Waals surface area contributed by atoms with Gasteiger partial charge in [-0.25, -0.2) is 0 Å². The van der Waals surface area contributed by atoms with Gasteiger partial charge in [-0.1, -0.05) is 19.1 Å². The van der Waals surface area contributed by atoms with Crippen molar-refractivity contribution in [2.24, 2.45) is 23.2 Å². The van der Waals surface area contributed by atoms with E-state index in [9.17, 15) is 14.7 Å². The van der Waals surface area contributed by atoms with Crippen molar-refractivity contribution in [2.75, 3.05) is 0 Å². The van der Waals surface area contributed by atoms with E-state index in [2.05, 4.69) is 0 Å². The number of rotatable bonds is 4. The molecule has 0 spiro atoms. The SMILES string of the molecule is C/C=C\[C@@H](C)C(=O)O[C@@H]1C[C@H]2C(=O)O[C@@H](c3ccoc3)[C@@H]2[C@@]2(O)CC[C@H]3O[C@@]3(C)[C@@]12C. The van der Waals surface area contributed by atoms with Crippen molar-refractivity contribution in [2.45, 2.75) is 76.5 Å². The molecule has 9 atom stereocenters. The van der Waals surface area contributed by atoms with Crippen LogP contribution in [0.25, 0.3) is 0 Å². The van der Waals surface area contributed by atoms with Gasteiger partial charge in [-0.3, -0.25) is 9.59 Å². The molecule has 0 amide bonds. The molecule has 0 aromatic carbocycles. The first-order chi connectivity index (χ1) is 14.7. The Kier molecular flexibility index (Phi) is 4.48. The lowest BCUT2D eigenvalue weighted by molar-refractivity contribution is -0.251. The minimum absolute atomic E-state index is 0.00823. The highest BCUT2D eigenvalue weighted by Gasteiger charge is 2.81. The van der Waals surface area contributed by atoms with Crippen molar-refractivity contribution in [3.8, 4) is 0 Å². The maximum Gasteiger partial charge on any atom is 0.312 e. The monoisotopic (exact) mass is 430 g/mol. The Bertz CT molecular complexity index is 922. The lowest BCUT2D eigenvalue weighted by atomic mass is 9.46. The van der Waals surface area contributed by atoms with E-state index >= 15 is 0 Å². The second-order valence-corrected chi connectivity index (χ2v) is 9.90. The number of fused-ring (bicyclic) bond motifs is 5. The number of epoxide rings is 1. The minimum Gasteiger partial charge on any atom is -0.472 e. The molecular weight excluding hydrogens is 400 g/mol. The van der Waals surface area contributed by atoms with Crippen molar-refractivity contribution in [1.82, 2.24) is 0 Å². The zero-order valence-electron chi connectivity index (χ0n) is 18.4. The molecule has 1 N–H and O–H groups in total. The summed E-state index contributed by atoms with van der Waals surface area (Å²) in [6, 6.07) is 1.77. The molecule has 0 unspecified atom stereocenters. The number of cyclic esters (lactones) is 1. The number of allylic oxidation sites excluding steroid dienone is 1. The summed E-state index contributed by atoms with van der Waals surface area (Å²) < 4.78 is 23.2. The van der Waals surface area contributed by atoms with E-state index in [0.29, 0.717) is 19.3 Å². The summed E-state index contributed by atoms with van der Waals surface area (Å²) in [5, 5.41) is 12.3. The molecule has 7 heteroatoms. The summed E-state index contributed by atoms with van der Waals surface area (Å²) in [7, 11) is 0. The van der Waals surface area contributed by atoms with E-state index in [-0.39, 0.29) is 18.0 Å². The maximum absolute atomic E-state index is 12.9. The van der Waals surface area contributed by atoms with E-state index in [4.69, 9.17) is 18.6 Å². The van der Waals surface area contributed by atoms with Crippen LogP contribution in [0.15, 0.2) is 35.2 Å². The van der Waals surface area contributed by atoms with Crippen LogP contribution < -0.4 is 0 Å². The molecule has 2 aliphatic carbocycles. The Morgan fingerprint density at radius 1 is 1.39 bits per heavy atom. The number of ether oxygens (including phenoxy) is 3. The summed E-state index contributed by atoms with van der Waals surface area (Å²) in [5.74, 6) is -2.17. The van der Waals surface area contributed by atoms with E-state index in [1.54, 1.807) is 25.3 Å². The van der Waals surface area contributed by atoms with Crippen molar-refractivity contribution in [1.29, 1.82) is 0 Å². The molecule has 168 valence electrons. The van der Waals surface area contributed by atoms with Gasteiger partial charge in [0, 0.05) is 11.5 Å². The van der Waals surface area contributed by atoms with Gasteiger partial charge in [0.25, 0.3) is 0 Å². The van der Waals surface area contributed by atoms with E-state index in [1.807, 2.05) is 26.8 Å². The molecule has 2 saturated carbocycles. The second kappa shape index (κ2) is 6.69. The average molecular weight is 430 g/mol. The van der Waals surface area contributed by atoms with Crippen LogP contribution in [-0.4, -0.2) is 40.5 Å². The number of hydrogen-bond acceptors (Lipinski definition) is 7. The molecule has 0 radical (unpaired) electrons. The number of aliphatic hydroxyl groups is 1. The number of furan rings is 1. The third-order valence-electron chi connectivity index (χ3n) is 8.61. The van der Waals surface area contributed by atoms with Crippen LogP contribution in [0.5, 0.6) is 0 Å². The predicted molar refractivity (Wildman–Crippen MR) is 109 cm³/mol. The van der Waals surface area contributed by atoms with Gasteiger partial charge < -0.3 is 23.7 Å². The second-order valence-electron chi connectivity index (χ2n) is 9.90. The maximum atomic E-state index is 12.9. The summed E-state index contributed by atoms with van der Waals surface area (Å²) >= 11 is 0.